The quantitative estimate of drug-likeness (QED) is 0.148. The van der Waals surface area contributed by atoms with Crippen LogP contribution in [0.4, 0.5) is 11.4 Å². The molecule has 2 saturated carbocycles. The zero-order valence-electron chi connectivity index (χ0n) is 50.8. The van der Waals surface area contributed by atoms with E-state index in [1.165, 1.54) is 184 Å². The van der Waals surface area contributed by atoms with Crippen molar-refractivity contribution in [3.05, 3.63) is 250 Å². The van der Waals surface area contributed by atoms with E-state index in [0.717, 1.165) is 4.47 Å². The lowest BCUT2D eigenvalue weighted by Gasteiger charge is -2.50. The van der Waals surface area contributed by atoms with Gasteiger partial charge in [0.05, 0.1) is 11.2 Å². The van der Waals surface area contributed by atoms with Crippen molar-refractivity contribution >= 4 is 91.9 Å². The van der Waals surface area contributed by atoms with Crippen molar-refractivity contribution in [2.45, 2.75) is 140 Å². The molecule has 0 N–H and O–H groups in total. The van der Waals surface area contributed by atoms with Gasteiger partial charge in [0.2, 0.25) is 0 Å². The van der Waals surface area contributed by atoms with E-state index in [2.05, 4.69) is 282 Å². The van der Waals surface area contributed by atoms with Crippen molar-refractivity contribution in [1.82, 2.24) is 0 Å². The summed E-state index contributed by atoms with van der Waals surface area (Å²) in [5, 5.41) is 16.3. The molecule has 0 radical (unpaired) electrons. The number of rotatable bonds is 1. The van der Waals surface area contributed by atoms with Crippen LogP contribution in [-0.4, -0.2) is 5.54 Å². The molecule has 18 rings (SSSR count). The van der Waals surface area contributed by atoms with Crippen molar-refractivity contribution in [3.63, 3.8) is 0 Å². The molecule has 0 amide bonds. The summed E-state index contributed by atoms with van der Waals surface area (Å²) in [6.45, 7) is 19.7. The lowest BCUT2D eigenvalue weighted by atomic mass is 9.58. The third-order valence-electron chi connectivity index (χ3n) is 23.5. The summed E-state index contributed by atoms with van der Waals surface area (Å²) in [5.41, 5.74) is 19.9. The zero-order chi connectivity index (χ0) is 58.0. The molecular formula is C83H76BrN. The normalized spacial score (nSPS) is 23.3. The van der Waals surface area contributed by atoms with Crippen LogP contribution in [-0.2, 0) is 28.1 Å². The number of fused-ring (bicyclic) bond motifs is 24. The van der Waals surface area contributed by atoms with E-state index < -0.39 is 0 Å². The predicted molar refractivity (Wildman–Crippen MR) is 368 cm³/mol. The topological polar surface area (TPSA) is 3.24 Å². The van der Waals surface area contributed by atoms with Crippen LogP contribution in [0.2, 0.25) is 0 Å². The smallest absolute Gasteiger partial charge is 0.0534 e. The summed E-state index contributed by atoms with van der Waals surface area (Å²) in [7, 11) is 0. The van der Waals surface area contributed by atoms with Gasteiger partial charge in [-0.2, -0.15) is 0 Å². The lowest BCUT2D eigenvalue weighted by Crippen LogP contribution is -2.54. The predicted octanol–water partition coefficient (Wildman–Crippen LogP) is 23.5. The van der Waals surface area contributed by atoms with E-state index in [1.807, 2.05) is 0 Å². The fourth-order valence-electron chi connectivity index (χ4n) is 18.4. The Hall–Kier alpha value is -7.52. The van der Waals surface area contributed by atoms with Crippen molar-refractivity contribution in [1.29, 1.82) is 0 Å². The number of halogens is 1. The molecule has 420 valence electrons. The van der Waals surface area contributed by atoms with Gasteiger partial charge in [0.25, 0.3) is 0 Å². The Morgan fingerprint density at radius 2 is 0.788 bits per heavy atom. The SMILES string of the molecule is CC1(C)c2cc(Br)ccc2-c2c1ccc1c2ccc2ccccc21.CC1(C)c2cc(N3c4c(ccc5ccccc45)C4(C)CCCCC34C)ccc2-c2c1ccc1c2ccc2ccccc21.CC12CCCCC1(C)c1ccc3ccccc3c1C2. The molecule has 1 aliphatic heterocycles. The summed E-state index contributed by atoms with van der Waals surface area (Å²) in [5.74, 6) is 0. The molecule has 12 aromatic carbocycles. The lowest BCUT2D eigenvalue weighted by molar-refractivity contribution is 0.110. The molecule has 0 bridgehead atoms. The number of hydrogen-bond donors (Lipinski definition) is 0. The van der Waals surface area contributed by atoms with Crippen LogP contribution in [0.5, 0.6) is 0 Å². The summed E-state index contributed by atoms with van der Waals surface area (Å²) in [6, 6.07) is 77.7. The first-order chi connectivity index (χ1) is 41.0. The number of nitrogens with zero attached hydrogens (tertiary/aromatic N) is 1. The largest absolute Gasteiger partial charge is 0.334 e. The second kappa shape index (κ2) is 18.7. The van der Waals surface area contributed by atoms with Gasteiger partial charge in [0, 0.05) is 31.8 Å². The van der Waals surface area contributed by atoms with E-state index >= 15 is 0 Å². The molecule has 1 heterocycles. The third-order valence-corrected chi connectivity index (χ3v) is 24.0. The summed E-state index contributed by atoms with van der Waals surface area (Å²) in [4.78, 5) is 2.77. The van der Waals surface area contributed by atoms with Gasteiger partial charge >= 0.3 is 0 Å². The van der Waals surface area contributed by atoms with Crippen LogP contribution in [0, 0.1) is 5.41 Å². The molecule has 4 unspecified atom stereocenters. The molecule has 4 atom stereocenters. The number of anilines is 2. The second-order valence-electron chi connectivity index (χ2n) is 28.3. The van der Waals surface area contributed by atoms with Gasteiger partial charge in [-0.25, -0.2) is 0 Å². The summed E-state index contributed by atoms with van der Waals surface area (Å²) in [6.07, 6.45) is 11.9. The van der Waals surface area contributed by atoms with E-state index in [1.54, 1.807) is 11.1 Å². The molecule has 12 aromatic rings. The van der Waals surface area contributed by atoms with Crippen molar-refractivity contribution in [2.24, 2.45) is 5.41 Å². The Labute approximate surface area is 511 Å². The standard InChI is InChI=1S/C41H37N.C23H17Br.C19H22/c1-39(2)34-22-20-31-29-13-7-5-11-26(29)15-18-32(31)37(34)33-19-17-28(25-36(33)39)42-38-30-14-8-6-12-27(30)16-21-35(38)40(3)23-9-10-24-41(40,42)4;1-23(2)20-12-11-17-16-6-4-3-5-14(16)7-9-18(17)22(20)19-10-8-15(24)13-21(19)23;1-18-11-5-6-12-19(18,2)17-10-9-14-7-3-4-8-15(14)16(17)13-18/h5-8,11-22,25H,9-10,23-24H2,1-4H3;3-13H,1-2H3;3-4,7-10H,5-6,11-13H2,1-2H3. The van der Waals surface area contributed by atoms with E-state index in [0.29, 0.717) is 10.8 Å². The van der Waals surface area contributed by atoms with Crippen molar-refractivity contribution in [2.75, 3.05) is 4.90 Å². The Morgan fingerprint density at radius 3 is 1.40 bits per heavy atom. The Balaban J connectivity index is 0.000000115. The van der Waals surface area contributed by atoms with Crippen LogP contribution in [0.15, 0.2) is 211 Å². The first-order valence-corrected chi connectivity index (χ1v) is 32.5. The van der Waals surface area contributed by atoms with Gasteiger partial charge < -0.3 is 4.90 Å². The molecule has 5 aliphatic carbocycles. The second-order valence-corrected chi connectivity index (χ2v) is 29.2. The molecule has 1 nitrogen and oxygen atoms in total. The molecule has 0 spiro atoms. The maximum atomic E-state index is 3.64. The highest BCUT2D eigenvalue weighted by atomic mass is 79.9. The fourth-order valence-corrected chi connectivity index (χ4v) is 18.7. The molecule has 0 aromatic heterocycles. The van der Waals surface area contributed by atoms with Crippen LogP contribution in [0.25, 0.3) is 86.9 Å². The van der Waals surface area contributed by atoms with Crippen LogP contribution in [0.1, 0.15) is 146 Å². The summed E-state index contributed by atoms with van der Waals surface area (Å²) < 4.78 is 1.15. The van der Waals surface area contributed by atoms with Crippen molar-refractivity contribution in [3.8, 4) is 22.3 Å². The Morgan fingerprint density at radius 1 is 0.341 bits per heavy atom. The fraction of sp³-hybridized carbons (Fsp3) is 0.277. The average molecular weight is 1170 g/mol. The highest BCUT2D eigenvalue weighted by Gasteiger charge is 2.58. The minimum atomic E-state index is -0.0708. The minimum Gasteiger partial charge on any atom is -0.334 e. The van der Waals surface area contributed by atoms with Gasteiger partial charge in [0.15, 0.2) is 0 Å². The van der Waals surface area contributed by atoms with Gasteiger partial charge in [-0.1, -0.05) is 272 Å². The van der Waals surface area contributed by atoms with Gasteiger partial charge in [-0.05, 0) is 195 Å². The van der Waals surface area contributed by atoms with Crippen LogP contribution < -0.4 is 4.90 Å². The minimum absolute atomic E-state index is 0.0349. The van der Waals surface area contributed by atoms with Crippen molar-refractivity contribution < 1.29 is 0 Å². The maximum absolute atomic E-state index is 3.64. The Kier molecular flexibility index (Phi) is 11.7. The third kappa shape index (κ3) is 7.40. The van der Waals surface area contributed by atoms with Crippen LogP contribution in [0.3, 0.4) is 0 Å². The molecule has 2 fully saturated rings. The highest BCUT2D eigenvalue weighted by molar-refractivity contribution is 9.10. The van der Waals surface area contributed by atoms with Gasteiger partial charge in [0.1, 0.15) is 0 Å². The Bertz CT molecular complexity index is 4810. The molecule has 85 heavy (non-hydrogen) atoms. The number of benzene rings is 12. The highest BCUT2D eigenvalue weighted by Crippen LogP contribution is 2.64. The molecule has 6 aliphatic rings. The monoisotopic (exact) mass is 1170 g/mol. The van der Waals surface area contributed by atoms with E-state index in [9.17, 15) is 0 Å². The first-order valence-electron chi connectivity index (χ1n) is 31.7. The molecular weight excluding hydrogens is 1090 g/mol. The summed E-state index contributed by atoms with van der Waals surface area (Å²) >= 11 is 3.64. The average Bonchev–Trinajstić information content (AvgIpc) is 1.59. The molecule has 2 heteroatoms. The number of hydrogen-bond acceptors (Lipinski definition) is 1. The van der Waals surface area contributed by atoms with Gasteiger partial charge in [-0.3, -0.25) is 0 Å². The van der Waals surface area contributed by atoms with Gasteiger partial charge in [-0.15, -0.1) is 0 Å². The zero-order valence-corrected chi connectivity index (χ0v) is 52.4. The van der Waals surface area contributed by atoms with E-state index in [4.69, 9.17) is 0 Å². The molecule has 0 saturated heterocycles. The maximum Gasteiger partial charge on any atom is 0.0534 e. The van der Waals surface area contributed by atoms with Crippen LogP contribution >= 0.6 is 15.9 Å². The first kappa shape index (κ1) is 53.0. The van der Waals surface area contributed by atoms with E-state index in [-0.39, 0.29) is 21.8 Å².